The van der Waals surface area contributed by atoms with Gasteiger partial charge >= 0.3 is 0 Å². The molecule has 0 spiro atoms. The molecule has 0 aliphatic rings. The first kappa shape index (κ1) is 11.8. The molecule has 0 aliphatic heterocycles. The molecule has 0 aliphatic carbocycles. The Labute approximate surface area is 111 Å². The Morgan fingerprint density at radius 3 is 2.95 bits per heavy atom. The van der Waals surface area contributed by atoms with Gasteiger partial charge in [0.1, 0.15) is 0 Å². The minimum Gasteiger partial charge on any atom is -0.362 e. The van der Waals surface area contributed by atoms with Gasteiger partial charge in [-0.1, -0.05) is 0 Å². The van der Waals surface area contributed by atoms with E-state index < -0.39 is 0 Å². The average Bonchev–Trinajstić information content (AvgIpc) is 2.93. The summed E-state index contributed by atoms with van der Waals surface area (Å²) in [5.74, 6) is 0.862. The van der Waals surface area contributed by atoms with Crippen molar-refractivity contribution in [3.8, 4) is 0 Å². The number of hydrogen-bond acceptors (Lipinski definition) is 3. The van der Waals surface area contributed by atoms with Crippen LogP contribution in [0.3, 0.4) is 0 Å². The first-order chi connectivity index (χ1) is 9.15. The molecule has 2 N–H and O–H groups in total. The minimum atomic E-state index is 0.747. The first-order valence-electron chi connectivity index (χ1n) is 6.31. The zero-order chi connectivity index (χ0) is 13.4. The van der Waals surface area contributed by atoms with Gasteiger partial charge in [-0.25, -0.2) is 4.98 Å². The molecule has 19 heavy (non-hydrogen) atoms. The van der Waals surface area contributed by atoms with E-state index >= 15 is 0 Å². The molecule has 0 amide bonds. The molecule has 0 aromatic carbocycles. The van der Waals surface area contributed by atoms with E-state index in [4.69, 9.17) is 0 Å². The fourth-order valence-electron chi connectivity index (χ4n) is 2.36. The summed E-state index contributed by atoms with van der Waals surface area (Å²) in [6.45, 7) is 4.82. The predicted octanol–water partition coefficient (Wildman–Crippen LogP) is 2.53. The number of nitrogens with one attached hydrogen (secondary N) is 2. The molecule has 3 aromatic rings. The lowest BCUT2D eigenvalue weighted by atomic mass is 10.2. The summed E-state index contributed by atoms with van der Waals surface area (Å²) >= 11 is 0. The third kappa shape index (κ3) is 2.07. The smallest absolute Gasteiger partial charge is 0.158 e. The summed E-state index contributed by atoms with van der Waals surface area (Å²) < 4.78 is 2.09. The van der Waals surface area contributed by atoms with Gasteiger partial charge in [-0.2, -0.15) is 5.10 Å². The molecule has 0 saturated carbocycles. The van der Waals surface area contributed by atoms with Crippen molar-refractivity contribution in [1.82, 2.24) is 19.7 Å². The SMILES string of the molecule is Cc1cc(C)c2c(NCc3cccn3C)n[nH]c2n1. The standard InChI is InChI=1S/C14H17N5/c1-9-7-10(2)16-14-12(9)13(17-18-14)15-8-11-5-4-6-19(11)3/h4-7H,8H2,1-3H3,(H2,15,16,17,18). The average molecular weight is 255 g/mol. The topological polar surface area (TPSA) is 58.5 Å². The van der Waals surface area contributed by atoms with Crippen LogP contribution in [0.2, 0.25) is 0 Å². The summed E-state index contributed by atoms with van der Waals surface area (Å²) in [5, 5.41) is 11.7. The summed E-state index contributed by atoms with van der Waals surface area (Å²) in [6, 6.07) is 6.21. The van der Waals surface area contributed by atoms with E-state index in [1.54, 1.807) is 0 Å². The molecule has 98 valence electrons. The van der Waals surface area contributed by atoms with Gasteiger partial charge in [0.2, 0.25) is 0 Å². The van der Waals surface area contributed by atoms with Crippen molar-refractivity contribution < 1.29 is 0 Å². The number of nitrogens with zero attached hydrogens (tertiary/aromatic N) is 3. The molecule has 0 saturated heterocycles. The van der Waals surface area contributed by atoms with Crippen LogP contribution in [-0.2, 0) is 13.6 Å². The monoisotopic (exact) mass is 255 g/mol. The van der Waals surface area contributed by atoms with Crippen molar-refractivity contribution in [2.24, 2.45) is 7.05 Å². The van der Waals surface area contributed by atoms with E-state index in [2.05, 4.69) is 44.1 Å². The van der Waals surface area contributed by atoms with E-state index in [-0.39, 0.29) is 0 Å². The Bertz CT molecular complexity index is 723. The molecule has 0 bridgehead atoms. The Hall–Kier alpha value is -2.30. The second-order valence-corrected chi connectivity index (χ2v) is 4.84. The van der Waals surface area contributed by atoms with Crippen LogP contribution in [0.5, 0.6) is 0 Å². The van der Waals surface area contributed by atoms with E-state index in [1.807, 2.05) is 26.2 Å². The summed E-state index contributed by atoms with van der Waals surface area (Å²) in [7, 11) is 2.04. The second kappa shape index (κ2) is 4.42. The molecular formula is C14H17N5. The third-order valence-electron chi connectivity index (χ3n) is 3.34. The van der Waals surface area contributed by atoms with Crippen molar-refractivity contribution >= 4 is 16.9 Å². The van der Waals surface area contributed by atoms with Gasteiger partial charge in [0.15, 0.2) is 11.5 Å². The van der Waals surface area contributed by atoms with Gasteiger partial charge in [-0.15, -0.1) is 0 Å². The molecule has 3 rings (SSSR count). The highest BCUT2D eigenvalue weighted by Crippen LogP contribution is 2.23. The van der Waals surface area contributed by atoms with Gasteiger partial charge in [-0.05, 0) is 37.6 Å². The van der Waals surface area contributed by atoms with Crippen LogP contribution in [0.15, 0.2) is 24.4 Å². The van der Waals surface area contributed by atoms with Gasteiger partial charge in [0.25, 0.3) is 0 Å². The van der Waals surface area contributed by atoms with Crippen molar-refractivity contribution in [3.63, 3.8) is 0 Å². The number of pyridine rings is 1. The summed E-state index contributed by atoms with van der Waals surface area (Å²) in [4.78, 5) is 4.46. The summed E-state index contributed by atoms with van der Waals surface area (Å²) in [5.41, 5.74) is 4.24. The van der Waals surface area contributed by atoms with Gasteiger partial charge in [-0.3, -0.25) is 5.10 Å². The lowest BCUT2D eigenvalue weighted by Gasteiger charge is -2.06. The number of H-pyrrole nitrogens is 1. The Kier molecular flexibility index (Phi) is 2.74. The summed E-state index contributed by atoms with van der Waals surface area (Å²) in [6.07, 6.45) is 2.04. The second-order valence-electron chi connectivity index (χ2n) is 4.84. The molecule has 5 nitrogen and oxygen atoms in total. The number of hydrogen-bond donors (Lipinski definition) is 2. The van der Waals surface area contributed by atoms with E-state index in [0.717, 1.165) is 29.1 Å². The first-order valence-corrected chi connectivity index (χ1v) is 6.31. The highest BCUT2D eigenvalue weighted by atomic mass is 15.2. The molecule has 5 heteroatoms. The quantitative estimate of drug-likeness (QED) is 0.756. The maximum Gasteiger partial charge on any atom is 0.158 e. The van der Waals surface area contributed by atoms with E-state index in [9.17, 15) is 0 Å². The third-order valence-corrected chi connectivity index (χ3v) is 3.34. The molecule has 0 unspecified atom stereocenters. The van der Waals surface area contributed by atoms with E-state index in [0.29, 0.717) is 0 Å². The number of fused-ring (bicyclic) bond motifs is 1. The lowest BCUT2D eigenvalue weighted by molar-refractivity contribution is 0.840. The number of anilines is 1. The number of aromatic amines is 1. The van der Waals surface area contributed by atoms with Crippen LogP contribution in [0.25, 0.3) is 11.0 Å². The highest BCUT2D eigenvalue weighted by molar-refractivity contribution is 5.90. The Morgan fingerprint density at radius 2 is 2.21 bits per heavy atom. The molecular weight excluding hydrogens is 238 g/mol. The van der Waals surface area contributed by atoms with Crippen LogP contribution in [0.1, 0.15) is 17.0 Å². The predicted molar refractivity (Wildman–Crippen MR) is 76.1 cm³/mol. The van der Waals surface area contributed by atoms with Crippen molar-refractivity contribution in [2.75, 3.05) is 5.32 Å². The number of aromatic nitrogens is 4. The molecule has 3 aromatic heterocycles. The van der Waals surface area contributed by atoms with Crippen molar-refractivity contribution in [1.29, 1.82) is 0 Å². The lowest BCUT2D eigenvalue weighted by Crippen LogP contribution is -2.04. The molecule has 0 atom stereocenters. The molecule has 3 heterocycles. The van der Waals surface area contributed by atoms with Crippen LogP contribution in [0.4, 0.5) is 5.82 Å². The molecule has 0 fully saturated rings. The molecule has 0 radical (unpaired) electrons. The van der Waals surface area contributed by atoms with Crippen molar-refractivity contribution in [3.05, 3.63) is 41.3 Å². The fraction of sp³-hybridized carbons (Fsp3) is 0.286. The van der Waals surface area contributed by atoms with Crippen LogP contribution in [-0.4, -0.2) is 19.7 Å². The van der Waals surface area contributed by atoms with Gasteiger partial charge < -0.3 is 9.88 Å². The fourth-order valence-corrected chi connectivity index (χ4v) is 2.36. The van der Waals surface area contributed by atoms with Crippen molar-refractivity contribution in [2.45, 2.75) is 20.4 Å². The maximum absolute atomic E-state index is 4.46. The maximum atomic E-state index is 4.46. The minimum absolute atomic E-state index is 0.747. The van der Waals surface area contributed by atoms with Gasteiger partial charge in [0, 0.05) is 24.6 Å². The van der Waals surface area contributed by atoms with Crippen LogP contribution in [0, 0.1) is 13.8 Å². The zero-order valence-electron chi connectivity index (χ0n) is 11.4. The Balaban J connectivity index is 1.91. The Morgan fingerprint density at radius 1 is 1.37 bits per heavy atom. The van der Waals surface area contributed by atoms with Crippen LogP contribution < -0.4 is 5.32 Å². The van der Waals surface area contributed by atoms with Crippen LogP contribution >= 0.6 is 0 Å². The number of aryl methyl sites for hydroxylation is 3. The van der Waals surface area contributed by atoms with E-state index in [1.165, 1.54) is 11.3 Å². The largest absolute Gasteiger partial charge is 0.362 e. The highest BCUT2D eigenvalue weighted by Gasteiger charge is 2.10. The number of rotatable bonds is 3. The normalized spacial score (nSPS) is 11.1. The zero-order valence-corrected chi connectivity index (χ0v) is 11.4. The van der Waals surface area contributed by atoms with Gasteiger partial charge in [0.05, 0.1) is 11.9 Å².